The number of aliphatic hydroxyl groups excluding tert-OH is 1. The number of aliphatic hydroxyl groups is 1. The Hall–Kier alpha value is -1.02. The van der Waals surface area contributed by atoms with Crippen molar-refractivity contribution >= 4 is 5.69 Å². The Bertz CT molecular complexity index is 388. The summed E-state index contributed by atoms with van der Waals surface area (Å²) in [5.41, 5.74) is 2.37. The number of hydrogen-bond acceptors (Lipinski definition) is 2. The summed E-state index contributed by atoms with van der Waals surface area (Å²) in [5, 5.41) is 9.80. The average Bonchev–Trinajstić information content (AvgIpc) is 2.99. The van der Waals surface area contributed by atoms with E-state index in [-0.39, 0.29) is 6.10 Å². The van der Waals surface area contributed by atoms with Crippen LogP contribution in [0.2, 0.25) is 0 Å². The van der Waals surface area contributed by atoms with Gasteiger partial charge in [0.25, 0.3) is 0 Å². The molecule has 1 aromatic carbocycles. The van der Waals surface area contributed by atoms with Gasteiger partial charge in [0.1, 0.15) is 0 Å². The van der Waals surface area contributed by atoms with Crippen molar-refractivity contribution in [2.75, 3.05) is 18.0 Å². The molecule has 0 amide bonds. The molecular weight excluding hydrogens is 222 g/mol. The lowest BCUT2D eigenvalue weighted by Crippen LogP contribution is -2.20. The summed E-state index contributed by atoms with van der Waals surface area (Å²) in [4.78, 5) is 2.52. The van der Waals surface area contributed by atoms with E-state index in [4.69, 9.17) is 0 Å². The average molecular weight is 245 g/mol. The van der Waals surface area contributed by atoms with Gasteiger partial charge in [-0.3, -0.25) is 0 Å². The third-order valence-corrected chi connectivity index (χ3v) is 4.76. The van der Waals surface area contributed by atoms with Gasteiger partial charge in [0.15, 0.2) is 0 Å². The molecule has 3 atom stereocenters. The molecule has 2 unspecified atom stereocenters. The maximum atomic E-state index is 9.80. The zero-order valence-electron chi connectivity index (χ0n) is 11.2. The predicted octanol–water partition coefficient (Wildman–Crippen LogP) is 3.37. The topological polar surface area (TPSA) is 23.5 Å². The highest BCUT2D eigenvalue weighted by Gasteiger charge is 2.35. The van der Waals surface area contributed by atoms with Crippen molar-refractivity contribution in [3.05, 3.63) is 29.8 Å². The first-order valence-electron chi connectivity index (χ1n) is 7.31. The Balaban J connectivity index is 1.70. The van der Waals surface area contributed by atoms with Gasteiger partial charge in [-0.15, -0.1) is 0 Å². The van der Waals surface area contributed by atoms with Crippen molar-refractivity contribution in [3.63, 3.8) is 0 Å². The van der Waals surface area contributed by atoms with Crippen molar-refractivity contribution in [3.8, 4) is 0 Å². The molecule has 1 heterocycles. The van der Waals surface area contributed by atoms with Gasteiger partial charge in [0, 0.05) is 18.8 Å². The van der Waals surface area contributed by atoms with E-state index < -0.39 is 0 Å². The lowest BCUT2D eigenvalue weighted by Gasteiger charge is -2.20. The normalized spacial score (nSPS) is 28.4. The van der Waals surface area contributed by atoms with Gasteiger partial charge in [-0.05, 0) is 48.8 Å². The van der Waals surface area contributed by atoms with Gasteiger partial charge < -0.3 is 10.0 Å². The maximum Gasteiger partial charge on any atom is 0.0787 e. The van der Waals surface area contributed by atoms with Crippen LogP contribution in [0.15, 0.2) is 24.3 Å². The van der Waals surface area contributed by atoms with Gasteiger partial charge in [-0.1, -0.05) is 25.5 Å². The standard InChI is InChI=1S/C16H23NO/c1-2-16(18)12-6-8-15(9-7-12)17-10-13-4-3-5-14(13)11-17/h6-9,13-14,16,18H,2-5,10-11H2,1H3/t13?,14?,16-/m0/s1. The summed E-state index contributed by atoms with van der Waals surface area (Å²) in [6, 6.07) is 8.51. The largest absolute Gasteiger partial charge is 0.388 e. The van der Waals surface area contributed by atoms with Crippen LogP contribution in [-0.2, 0) is 0 Å². The molecule has 0 bridgehead atoms. The molecular formula is C16H23NO. The molecule has 0 aromatic heterocycles. The van der Waals surface area contributed by atoms with Crippen LogP contribution in [0.25, 0.3) is 0 Å². The highest BCUT2D eigenvalue weighted by atomic mass is 16.3. The van der Waals surface area contributed by atoms with Crippen LogP contribution in [0.1, 0.15) is 44.3 Å². The lowest BCUT2D eigenvalue weighted by atomic mass is 10.0. The number of hydrogen-bond donors (Lipinski definition) is 1. The summed E-state index contributed by atoms with van der Waals surface area (Å²) in [6.07, 6.45) is 4.76. The summed E-state index contributed by atoms with van der Waals surface area (Å²) >= 11 is 0. The summed E-state index contributed by atoms with van der Waals surface area (Å²) in [5.74, 6) is 1.87. The van der Waals surface area contributed by atoms with Gasteiger partial charge in [0.05, 0.1) is 6.10 Å². The molecule has 98 valence electrons. The fourth-order valence-corrected chi connectivity index (χ4v) is 3.59. The quantitative estimate of drug-likeness (QED) is 0.882. The number of nitrogens with zero attached hydrogens (tertiary/aromatic N) is 1. The highest BCUT2D eigenvalue weighted by molar-refractivity contribution is 5.49. The molecule has 1 saturated carbocycles. The minimum Gasteiger partial charge on any atom is -0.388 e. The smallest absolute Gasteiger partial charge is 0.0787 e. The molecule has 2 aliphatic rings. The van der Waals surface area contributed by atoms with E-state index in [1.807, 2.05) is 6.92 Å². The SMILES string of the molecule is CC[C@H](O)c1ccc(N2CC3CCCC3C2)cc1. The van der Waals surface area contributed by atoms with E-state index in [1.165, 1.54) is 38.0 Å². The van der Waals surface area contributed by atoms with Crippen molar-refractivity contribution in [1.29, 1.82) is 0 Å². The second kappa shape index (κ2) is 4.93. The second-order valence-corrected chi connectivity index (χ2v) is 5.87. The van der Waals surface area contributed by atoms with Gasteiger partial charge >= 0.3 is 0 Å². The number of benzene rings is 1. The highest BCUT2D eigenvalue weighted by Crippen LogP contribution is 2.39. The first-order valence-corrected chi connectivity index (χ1v) is 7.31. The van der Waals surface area contributed by atoms with Crippen molar-refractivity contribution in [2.45, 2.75) is 38.7 Å². The zero-order chi connectivity index (χ0) is 12.5. The summed E-state index contributed by atoms with van der Waals surface area (Å²) < 4.78 is 0. The van der Waals surface area contributed by atoms with Crippen molar-refractivity contribution in [2.24, 2.45) is 11.8 Å². The third-order valence-electron chi connectivity index (χ3n) is 4.76. The molecule has 1 aromatic rings. The van der Waals surface area contributed by atoms with Crippen LogP contribution in [0.3, 0.4) is 0 Å². The fraction of sp³-hybridized carbons (Fsp3) is 0.625. The molecule has 18 heavy (non-hydrogen) atoms. The van der Waals surface area contributed by atoms with Crippen LogP contribution in [0, 0.1) is 11.8 Å². The Labute approximate surface area is 110 Å². The van der Waals surface area contributed by atoms with Crippen LogP contribution in [-0.4, -0.2) is 18.2 Å². The lowest BCUT2D eigenvalue weighted by molar-refractivity contribution is 0.173. The fourth-order valence-electron chi connectivity index (χ4n) is 3.59. The van der Waals surface area contributed by atoms with E-state index in [1.54, 1.807) is 0 Å². The molecule has 1 aliphatic heterocycles. The first-order chi connectivity index (χ1) is 8.78. The molecule has 3 rings (SSSR count). The summed E-state index contributed by atoms with van der Waals surface area (Å²) in [6.45, 7) is 4.49. The molecule has 1 saturated heterocycles. The molecule has 2 nitrogen and oxygen atoms in total. The molecule has 2 fully saturated rings. The number of anilines is 1. The minimum atomic E-state index is -0.308. The molecule has 1 N–H and O–H groups in total. The van der Waals surface area contributed by atoms with E-state index in [9.17, 15) is 5.11 Å². The van der Waals surface area contributed by atoms with Crippen LogP contribution < -0.4 is 4.90 Å². The van der Waals surface area contributed by atoms with E-state index in [2.05, 4.69) is 29.2 Å². The second-order valence-electron chi connectivity index (χ2n) is 5.87. The number of rotatable bonds is 3. The van der Waals surface area contributed by atoms with Crippen molar-refractivity contribution in [1.82, 2.24) is 0 Å². The van der Waals surface area contributed by atoms with E-state index in [0.717, 1.165) is 23.8 Å². The minimum absolute atomic E-state index is 0.308. The molecule has 0 radical (unpaired) electrons. The molecule has 0 spiro atoms. The first kappa shape index (κ1) is 12.0. The third kappa shape index (κ3) is 2.14. The molecule has 1 aliphatic carbocycles. The Kier molecular flexibility index (Phi) is 3.29. The van der Waals surface area contributed by atoms with E-state index >= 15 is 0 Å². The van der Waals surface area contributed by atoms with Crippen LogP contribution in [0.5, 0.6) is 0 Å². The van der Waals surface area contributed by atoms with Gasteiger partial charge in [-0.2, -0.15) is 0 Å². The molecule has 2 heteroatoms. The maximum absolute atomic E-state index is 9.80. The van der Waals surface area contributed by atoms with Gasteiger partial charge in [0.2, 0.25) is 0 Å². The number of fused-ring (bicyclic) bond motifs is 1. The zero-order valence-corrected chi connectivity index (χ0v) is 11.2. The predicted molar refractivity (Wildman–Crippen MR) is 74.7 cm³/mol. The Morgan fingerprint density at radius 2 is 1.78 bits per heavy atom. The van der Waals surface area contributed by atoms with Crippen molar-refractivity contribution < 1.29 is 5.11 Å². The monoisotopic (exact) mass is 245 g/mol. The van der Waals surface area contributed by atoms with Gasteiger partial charge in [-0.25, -0.2) is 0 Å². The Morgan fingerprint density at radius 1 is 1.17 bits per heavy atom. The Morgan fingerprint density at radius 3 is 2.33 bits per heavy atom. The van der Waals surface area contributed by atoms with Crippen LogP contribution in [0.4, 0.5) is 5.69 Å². The van der Waals surface area contributed by atoms with Crippen LogP contribution >= 0.6 is 0 Å². The summed E-state index contributed by atoms with van der Waals surface area (Å²) in [7, 11) is 0. The van der Waals surface area contributed by atoms with E-state index in [0.29, 0.717) is 0 Å².